The summed E-state index contributed by atoms with van der Waals surface area (Å²) in [5.41, 5.74) is 1.28. The van der Waals surface area contributed by atoms with Crippen LogP contribution in [0.2, 0.25) is 5.02 Å². The Hall–Kier alpha value is -1.00. The lowest BCUT2D eigenvalue weighted by atomic mass is 10.3. The molecule has 0 fully saturated rings. The Morgan fingerprint density at radius 3 is 2.59 bits per heavy atom. The normalized spacial score (nSPS) is 13.1. The zero-order valence-electron chi connectivity index (χ0n) is 9.71. The van der Waals surface area contributed by atoms with Crippen LogP contribution >= 0.6 is 23.2 Å². The third kappa shape index (κ3) is 2.07. The third-order valence-corrected chi connectivity index (χ3v) is 2.94. The van der Waals surface area contributed by atoms with Gasteiger partial charge >= 0.3 is 0 Å². The number of benzene rings is 1. The number of nitrogens with zero attached hydrogens (tertiary/aromatic N) is 3. The molecule has 2 rings (SSSR count). The van der Waals surface area contributed by atoms with Crippen molar-refractivity contribution >= 4 is 34.2 Å². The highest BCUT2D eigenvalue weighted by atomic mass is 35.5. The quantitative estimate of drug-likeness (QED) is 0.784. The number of alkyl halides is 1. The highest BCUT2D eigenvalue weighted by Crippen LogP contribution is 2.27. The topological polar surface area (TPSA) is 21.1 Å². The molecule has 0 spiro atoms. The Bertz CT molecular complexity index is 563. The monoisotopic (exact) mass is 275 g/mol. The summed E-state index contributed by atoms with van der Waals surface area (Å²) in [5.74, 6) is 0.198. The van der Waals surface area contributed by atoms with Crippen molar-refractivity contribution in [3.05, 3.63) is 28.8 Å². The van der Waals surface area contributed by atoms with Gasteiger partial charge in [0.1, 0.15) is 11.6 Å². The highest BCUT2D eigenvalue weighted by Gasteiger charge is 2.17. The van der Waals surface area contributed by atoms with Crippen molar-refractivity contribution in [2.24, 2.45) is 0 Å². The van der Waals surface area contributed by atoms with Crippen LogP contribution in [0, 0.1) is 5.82 Å². The first-order chi connectivity index (χ1) is 7.91. The van der Waals surface area contributed by atoms with Crippen molar-refractivity contribution in [2.45, 2.75) is 12.3 Å². The Balaban J connectivity index is 2.80. The molecular formula is C11H12Cl2FN3. The van der Waals surface area contributed by atoms with Crippen LogP contribution in [0.3, 0.4) is 0 Å². The van der Waals surface area contributed by atoms with Gasteiger partial charge in [0, 0.05) is 20.2 Å². The van der Waals surface area contributed by atoms with Gasteiger partial charge in [0.25, 0.3) is 0 Å². The minimum Gasteiger partial charge on any atom is -0.317 e. The Labute approximate surface area is 109 Å². The maximum atomic E-state index is 13.5. The first-order valence-corrected chi connectivity index (χ1v) is 5.92. The lowest BCUT2D eigenvalue weighted by molar-refractivity contribution is 0.627. The first-order valence-electron chi connectivity index (χ1n) is 5.11. The van der Waals surface area contributed by atoms with Crippen molar-refractivity contribution in [1.82, 2.24) is 9.66 Å². The van der Waals surface area contributed by atoms with Crippen molar-refractivity contribution in [1.29, 1.82) is 0 Å². The molecule has 1 unspecified atom stereocenters. The lowest BCUT2D eigenvalue weighted by Gasteiger charge is -2.19. The lowest BCUT2D eigenvalue weighted by Crippen LogP contribution is -2.27. The fourth-order valence-electron chi connectivity index (χ4n) is 1.76. The maximum absolute atomic E-state index is 13.5. The smallest absolute Gasteiger partial charge is 0.146 e. The average molecular weight is 276 g/mol. The molecule has 1 aromatic carbocycles. The molecule has 6 heteroatoms. The molecule has 0 aliphatic heterocycles. The van der Waals surface area contributed by atoms with E-state index in [1.54, 1.807) is 9.69 Å². The number of hydrogen-bond donors (Lipinski definition) is 0. The van der Waals surface area contributed by atoms with Gasteiger partial charge in [-0.15, -0.1) is 11.6 Å². The van der Waals surface area contributed by atoms with Crippen molar-refractivity contribution < 1.29 is 4.39 Å². The van der Waals surface area contributed by atoms with E-state index in [0.29, 0.717) is 16.9 Å². The van der Waals surface area contributed by atoms with E-state index in [1.165, 1.54) is 12.1 Å². The average Bonchev–Trinajstić information content (AvgIpc) is 2.57. The van der Waals surface area contributed by atoms with Gasteiger partial charge in [-0.25, -0.2) is 14.1 Å². The summed E-state index contributed by atoms with van der Waals surface area (Å²) in [4.78, 5) is 4.37. The molecule has 1 heterocycles. The van der Waals surface area contributed by atoms with Gasteiger partial charge in [0.2, 0.25) is 0 Å². The fraction of sp³-hybridized carbons (Fsp3) is 0.364. The van der Waals surface area contributed by atoms with E-state index in [2.05, 4.69) is 4.98 Å². The summed E-state index contributed by atoms with van der Waals surface area (Å²) in [5, 5.41) is 1.60. The molecule has 0 radical (unpaired) electrons. The van der Waals surface area contributed by atoms with E-state index in [-0.39, 0.29) is 10.4 Å². The predicted octanol–water partition coefficient (Wildman–Crippen LogP) is 3.33. The summed E-state index contributed by atoms with van der Waals surface area (Å²) in [6.45, 7) is 1.82. The van der Waals surface area contributed by atoms with E-state index in [4.69, 9.17) is 23.2 Å². The zero-order valence-corrected chi connectivity index (χ0v) is 11.2. The summed E-state index contributed by atoms with van der Waals surface area (Å²) < 4.78 is 15.2. The third-order valence-electron chi connectivity index (χ3n) is 2.45. The van der Waals surface area contributed by atoms with Crippen LogP contribution < -0.4 is 5.01 Å². The van der Waals surface area contributed by atoms with Crippen LogP contribution in [0.5, 0.6) is 0 Å². The van der Waals surface area contributed by atoms with E-state index in [0.717, 1.165) is 0 Å². The van der Waals surface area contributed by atoms with Crippen LogP contribution in [0.25, 0.3) is 11.0 Å². The van der Waals surface area contributed by atoms with Gasteiger partial charge in [-0.3, -0.25) is 0 Å². The standard InChI is InChI=1S/C11H12Cl2FN3/c1-6(12)11-15-9-4-7(13)8(14)5-10(9)17(11)16(2)3/h4-6H,1-3H3. The number of halogens is 3. The Morgan fingerprint density at radius 1 is 1.41 bits per heavy atom. The molecule has 0 bridgehead atoms. The van der Waals surface area contributed by atoms with Crippen LogP contribution in [0.4, 0.5) is 4.39 Å². The van der Waals surface area contributed by atoms with E-state index >= 15 is 0 Å². The van der Waals surface area contributed by atoms with Crippen LogP contribution in [-0.4, -0.2) is 23.8 Å². The van der Waals surface area contributed by atoms with Crippen molar-refractivity contribution in [3.63, 3.8) is 0 Å². The molecule has 1 aromatic heterocycles. The first kappa shape index (κ1) is 12.5. The number of hydrogen-bond acceptors (Lipinski definition) is 2. The summed E-state index contributed by atoms with van der Waals surface area (Å²) in [7, 11) is 3.69. The van der Waals surface area contributed by atoms with Gasteiger partial charge in [-0.1, -0.05) is 11.6 Å². The molecule has 0 amide bonds. The van der Waals surface area contributed by atoms with Crippen LogP contribution in [0.15, 0.2) is 12.1 Å². The number of imidazole rings is 1. The Kier molecular flexibility index (Phi) is 3.19. The molecule has 92 valence electrons. The summed E-state index contributed by atoms with van der Waals surface area (Å²) in [6.07, 6.45) is 0. The zero-order chi connectivity index (χ0) is 12.7. The molecule has 1 atom stereocenters. The molecule has 0 aliphatic rings. The molecule has 2 aromatic rings. The predicted molar refractivity (Wildman–Crippen MR) is 69.0 cm³/mol. The van der Waals surface area contributed by atoms with Crippen molar-refractivity contribution in [3.8, 4) is 0 Å². The molecule has 0 aliphatic carbocycles. The molecule has 17 heavy (non-hydrogen) atoms. The largest absolute Gasteiger partial charge is 0.317 e. The van der Waals surface area contributed by atoms with Gasteiger partial charge in [0.15, 0.2) is 0 Å². The van der Waals surface area contributed by atoms with E-state index < -0.39 is 5.82 Å². The number of rotatable bonds is 2. The van der Waals surface area contributed by atoms with E-state index in [1.807, 2.05) is 21.0 Å². The minimum absolute atomic E-state index is 0.0645. The summed E-state index contributed by atoms with van der Waals surface area (Å²) in [6, 6.07) is 2.88. The van der Waals surface area contributed by atoms with Gasteiger partial charge in [-0.05, 0) is 13.0 Å². The van der Waals surface area contributed by atoms with Gasteiger partial charge < -0.3 is 5.01 Å². The molecular weight excluding hydrogens is 264 g/mol. The van der Waals surface area contributed by atoms with Crippen molar-refractivity contribution in [2.75, 3.05) is 19.1 Å². The van der Waals surface area contributed by atoms with Gasteiger partial charge in [0.05, 0.1) is 21.4 Å². The fourth-order valence-corrected chi connectivity index (χ4v) is 2.06. The number of aromatic nitrogens is 2. The van der Waals surface area contributed by atoms with E-state index in [9.17, 15) is 4.39 Å². The maximum Gasteiger partial charge on any atom is 0.146 e. The minimum atomic E-state index is -0.462. The summed E-state index contributed by atoms with van der Waals surface area (Å²) >= 11 is 11.8. The van der Waals surface area contributed by atoms with Gasteiger partial charge in [-0.2, -0.15) is 0 Å². The molecule has 0 N–H and O–H groups in total. The Morgan fingerprint density at radius 2 is 2.06 bits per heavy atom. The second-order valence-corrected chi connectivity index (χ2v) is 5.06. The SMILES string of the molecule is CC(Cl)c1nc2cc(Cl)c(F)cc2n1N(C)C. The second-order valence-electron chi connectivity index (χ2n) is 4.00. The second kappa shape index (κ2) is 4.35. The highest BCUT2D eigenvalue weighted by molar-refractivity contribution is 6.31. The van der Waals surface area contributed by atoms with Crippen LogP contribution in [0.1, 0.15) is 18.1 Å². The molecule has 0 saturated carbocycles. The molecule has 0 saturated heterocycles. The molecule has 3 nitrogen and oxygen atoms in total. The van der Waals surface area contributed by atoms with Crippen LogP contribution in [-0.2, 0) is 0 Å². The number of fused-ring (bicyclic) bond motifs is 1.